The molecule has 72 heavy (non-hydrogen) atoms. The molecule has 0 aliphatic heterocycles. The summed E-state index contributed by atoms with van der Waals surface area (Å²) >= 11 is 0. The van der Waals surface area contributed by atoms with E-state index in [-0.39, 0.29) is 31.1 Å². The molecule has 0 aromatic carbocycles. The molecule has 0 radical (unpaired) electrons. The van der Waals surface area contributed by atoms with Crippen molar-refractivity contribution in [3.63, 3.8) is 0 Å². The van der Waals surface area contributed by atoms with Crippen LogP contribution in [0.25, 0.3) is 0 Å². The van der Waals surface area contributed by atoms with Crippen molar-refractivity contribution in [1.29, 1.82) is 0 Å². The van der Waals surface area contributed by atoms with E-state index in [9.17, 15) is 14.4 Å². The number of carbonyl (C=O) groups is 3. The number of rotatable bonds is 60. The molecule has 0 heterocycles. The second-order valence-corrected chi connectivity index (χ2v) is 22.0. The van der Waals surface area contributed by atoms with Gasteiger partial charge >= 0.3 is 17.9 Å². The highest BCUT2D eigenvalue weighted by Gasteiger charge is 2.19. The van der Waals surface area contributed by atoms with Crippen molar-refractivity contribution in [3.8, 4) is 0 Å². The molecule has 0 rings (SSSR count). The smallest absolute Gasteiger partial charge is 0.306 e. The van der Waals surface area contributed by atoms with E-state index >= 15 is 0 Å². The number of carbonyl (C=O) groups excluding carboxylic acids is 3. The Balaban J connectivity index is 3.83. The summed E-state index contributed by atoms with van der Waals surface area (Å²) < 4.78 is 16.7. The van der Waals surface area contributed by atoms with Crippen molar-refractivity contribution in [3.05, 3.63) is 24.3 Å². The molecule has 0 aromatic heterocycles. The van der Waals surface area contributed by atoms with Crippen molar-refractivity contribution in [2.24, 2.45) is 0 Å². The molecule has 0 aromatic rings. The van der Waals surface area contributed by atoms with Crippen LogP contribution < -0.4 is 0 Å². The largest absolute Gasteiger partial charge is 0.462 e. The van der Waals surface area contributed by atoms with Crippen LogP contribution in [-0.2, 0) is 28.6 Å². The van der Waals surface area contributed by atoms with Crippen LogP contribution in [-0.4, -0.2) is 37.2 Å². The van der Waals surface area contributed by atoms with Crippen molar-refractivity contribution in [2.45, 2.75) is 367 Å². The van der Waals surface area contributed by atoms with E-state index in [2.05, 4.69) is 45.1 Å². The molecule has 0 aliphatic carbocycles. The quantitative estimate of drug-likeness (QED) is 0.0261. The van der Waals surface area contributed by atoms with E-state index in [0.717, 1.165) is 89.9 Å². The van der Waals surface area contributed by atoms with Gasteiger partial charge in [0.15, 0.2) is 6.10 Å². The molecule has 0 aliphatic rings. The highest BCUT2D eigenvalue weighted by atomic mass is 16.6. The number of hydrogen-bond donors (Lipinski definition) is 0. The predicted molar refractivity (Wildman–Crippen MR) is 312 cm³/mol. The number of esters is 3. The molecule has 0 fully saturated rings. The summed E-state index contributed by atoms with van der Waals surface area (Å²) in [6.07, 6.45) is 74.1. The Morgan fingerprint density at radius 3 is 0.819 bits per heavy atom. The molecular formula is C66H124O6. The Kier molecular flexibility index (Phi) is 59.6. The number of allylic oxidation sites excluding steroid dienone is 4. The first-order chi connectivity index (χ1) is 35.5. The van der Waals surface area contributed by atoms with Crippen LogP contribution in [0.3, 0.4) is 0 Å². The standard InChI is InChI=1S/C66H124O6/c1-4-7-10-13-16-18-20-22-23-24-25-26-27-28-29-30-31-32-33-34-35-36-37-38-39-40-41-42-43-45-46-48-50-53-56-59-65(68)71-62-63(61-70-64(67)58-55-52-15-12-9-6-3)72-66(69)60-57-54-51-49-47-44-21-19-17-14-11-8-5-2/h11,14,19,21,63H,4-10,12-13,15-18,20,22-62H2,1-3H3/b14-11-,21-19-. The zero-order valence-electron chi connectivity index (χ0n) is 48.7. The van der Waals surface area contributed by atoms with E-state index in [0.29, 0.717) is 19.3 Å². The van der Waals surface area contributed by atoms with Crippen LogP contribution >= 0.6 is 0 Å². The first-order valence-corrected chi connectivity index (χ1v) is 32.3. The third-order valence-electron chi connectivity index (χ3n) is 14.7. The van der Waals surface area contributed by atoms with Gasteiger partial charge in [0.2, 0.25) is 0 Å². The summed E-state index contributed by atoms with van der Waals surface area (Å²) in [5, 5.41) is 0. The zero-order valence-corrected chi connectivity index (χ0v) is 48.7. The van der Waals surface area contributed by atoms with Gasteiger partial charge in [-0.2, -0.15) is 0 Å². The molecule has 0 N–H and O–H groups in total. The fourth-order valence-electron chi connectivity index (χ4n) is 9.84. The van der Waals surface area contributed by atoms with Crippen LogP contribution in [0.15, 0.2) is 24.3 Å². The molecule has 0 saturated carbocycles. The molecule has 0 saturated heterocycles. The Bertz CT molecular complexity index is 1160. The van der Waals surface area contributed by atoms with Crippen LogP contribution in [0, 0.1) is 0 Å². The first kappa shape index (κ1) is 69.9. The molecule has 0 amide bonds. The number of ether oxygens (including phenoxy) is 3. The number of hydrogen-bond acceptors (Lipinski definition) is 6. The maximum atomic E-state index is 12.8. The van der Waals surface area contributed by atoms with Gasteiger partial charge in [-0.15, -0.1) is 0 Å². The van der Waals surface area contributed by atoms with Crippen molar-refractivity contribution in [1.82, 2.24) is 0 Å². The monoisotopic (exact) mass is 1010 g/mol. The lowest BCUT2D eigenvalue weighted by atomic mass is 10.0. The van der Waals surface area contributed by atoms with Gasteiger partial charge in [-0.05, 0) is 44.9 Å². The topological polar surface area (TPSA) is 78.9 Å². The number of unbranched alkanes of at least 4 members (excludes halogenated alkanes) is 45. The third kappa shape index (κ3) is 58.8. The van der Waals surface area contributed by atoms with Crippen LogP contribution in [0.5, 0.6) is 0 Å². The van der Waals surface area contributed by atoms with Gasteiger partial charge in [0.05, 0.1) is 0 Å². The molecule has 6 heteroatoms. The van der Waals surface area contributed by atoms with Crippen LogP contribution in [0.4, 0.5) is 0 Å². The van der Waals surface area contributed by atoms with E-state index in [1.165, 1.54) is 231 Å². The highest BCUT2D eigenvalue weighted by molar-refractivity contribution is 5.71. The highest BCUT2D eigenvalue weighted by Crippen LogP contribution is 2.18. The predicted octanol–water partition coefficient (Wildman–Crippen LogP) is 21.8. The van der Waals surface area contributed by atoms with E-state index in [1.807, 2.05) is 0 Å². The Hall–Kier alpha value is -2.11. The van der Waals surface area contributed by atoms with Crippen molar-refractivity contribution >= 4 is 17.9 Å². The van der Waals surface area contributed by atoms with Gasteiger partial charge in [0.1, 0.15) is 13.2 Å². The Labute approximate surface area is 449 Å². The molecule has 0 bridgehead atoms. The minimum absolute atomic E-state index is 0.0729. The summed E-state index contributed by atoms with van der Waals surface area (Å²) in [5.41, 5.74) is 0. The summed E-state index contributed by atoms with van der Waals surface area (Å²) in [6, 6.07) is 0. The molecule has 0 spiro atoms. The molecule has 1 atom stereocenters. The molecule has 6 nitrogen and oxygen atoms in total. The summed E-state index contributed by atoms with van der Waals surface area (Å²) in [4.78, 5) is 37.8. The first-order valence-electron chi connectivity index (χ1n) is 32.3. The van der Waals surface area contributed by atoms with Crippen molar-refractivity contribution in [2.75, 3.05) is 13.2 Å². The van der Waals surface area contributed by atoms with E-state index in [1.54, 1.807) is 0 Å². The maximum Gasteiger partial charge on any atom is 0.306 e. The van der Waals surface area contributed by atoms with Crippen molar-refractivity contribution < 1.29 is 28.6 Å². The van der Waals surface area contributed by atoms with Crippen LogP contribution in [0.2, 0.25) is 0 Å². The molecule has 1 unspecified atom stereocenters. The van der Waals surface area contributed by atoms with Gasteiger partial charge in [0, 0.05) is 19.3 Å². The van der Waals surface area contributed by atoms with E-state index in [4.69, 9.17) is 14.2 Å². The fourth-order valence-corrected chi connectivity index (χ4v) is 9.84. The normalized spacial score (nSPS) is 12.1. The van der Waals surface area contributed by atoms with E-state index < -0.39 is 6.10 Å². The Morgan fingerprint density at radius 1 is 0.278 bits per heavy atom. The zero-order chi connectivity index (χ0) is 52.2. The summed E-state index contributed by atoms with van der Waals surface area (Å²) in [5.74, 6) is -0.880. The van der Waals surface area contributed by atoms with Gasteiger partial charge in [-0.3, -0.25) is 14.4 Å². The average molecular weight is 1010 g/mol. The van der Waals surface area contributed by atoms with Gasteiger partial charge < -0.3 is 14.2 Å². The molecular weight excluding hydrogens is 889 g/mol. The lowest BCUT2D eigenvalue weighted by Gasteiger charge is -2.18. The third-order valence-corrected chi connectivity index (χ3v) is 14.7. The minimum atomic E-state index is -0.772. The van der Waals surface area contributed by atoms with Gasteiger partial charge in [-0.1, -0.05) is 321 Å². The second-order valence-electron chi connectivity index (χ2n) is 22.0. The Morgan fingerprint density at radius 2 is 0.528 bits per heavy atom. The lowest BCUT2D eigenvalue weighted by molar-refractivity contribution is -0.167. The molecule has 424 valence electrons. The van der Waals surface area contributed by atoms with Gasteiger partial charge in [0.25, 0.3) is 0 Å². The summed E-state index contributed by atoms with van der Waals surface area (Å²) in [7, 11) is 0. The van der Waals surface area contributed by atoms with Crippen LogP contribution in [0.1, 0.15) is 361 Å². The lowest BCUT2D eigenvalue weighted by Crippen LogP contribution is -2.30. The summed E-state index contributed by atoms with van der Waals surface area (Å²) in [6.45, 7) is 6.55. The van der Waals surface area contributed by atoms with Gasteiger partial charge in [-0.25, -0.2) is 0 Å². The second kappa shape index (κ2) is 61.4. The SMILES string of the molecule is CCC/C=C\C/C=C\CCCCCCCC(=O)OC(COC(=O)CCCCCCCC)COC(=O)CCCCCCCCCCCCCCCCCCCCCCCCCCCCCCCCCCCCC. The minimum Gasteiger partial charge on any atom is -0.462 e. The fraction of sp³-hybridized carbons (Fsp3) is 0.894. The maximum absolute atomic E-state index is 12.8. The average Bonchev–Trinajstić information content (AvgIpc) is 3.38.